The summed E-state index contributed by atoms with van der Waals surface area (Å²) < 4.78 is 0. The minimum Gasteiger partial charge on any atom is -0.512 e. The van der Waals surface area contributed by atoms with Gasteiger partial charge in [-0.3, -0.25) is 29.3 Å². The molecule has 0 spiro atoms. The van der Waals surface area contributed by atoms with E-state index in [0.29, 0.717) is 5.92 Å². The fourth-order valence-electron chi connectivity index (χ4n) is 13.1. The number of carbonyl (C=O) groups excluding carboxylic acids is 3. The Hall–Kier alpha value is -8.56. The third kappa shape index (κ3) is 33.2. The van der Waals surface area contributed by atoms with Crippen LogP contribution in [0.4, 0.5) is 0 Å². The number of carbonyl (C=O) groups is 3. The number of pyridine rings is 3. The van der Waals surface area contributed by atoms with E-state index in [0.717, 1.165) is 63.2 Å². The topological polar surface area (TPSA) is 151 Å². The van der Waals surface area contributed by atoms with Gasteiger partial charge in [-0.25, -0.2) is 0 Å². The molecule has 3 aromatic heterocycles. The number of aliphatic hydroxyl groups is 3. The predicted octanol–water partition coefficient (Wildman–Crippen LogP) is 31.1. The molecule has 0 saturated carbocycles. The maximum atomic E-state index is 11.8. The van der Waals surface area contributed by atoms with Crippen LogP contribution in [-0.2, 0) is 85.5 Å². The van der Waals surface area contributed by atoms with Crippen LogP contribution in [0, 0.1) is 51.2 Å². The average molecular weight is 2360 g/mol. The molecule has 12 aromatic rings. The maximum absolute atomic E-state index is 11.8. The van der Waals surface area contributed by atoms with Gasteiger partial charge in [0.05, 0.1) is 46.5 Å². The van der Waals surface area contributed by atoms with E-state index in [1.54, 1.807) is 0 Å². The van der Waals surface area contributed by atoms with Gasteiger partial charge in [-0.15, -0.1) is 106 Å². The van der Waals surface area contributed by atoms with E-state index < -0.39 is 35.1 Å². The van der Waals surface area contributed by atoms with Crippen LogP contribution < -0.4 is 15.6 Å². The zero-order valence-corrected chi connectivity index (χ0v) is 95.7. The Kier molecular flexibility index (Phi) is 41.9. The fraction of sp³-hybridized carbons (Fsp3) is 0.385. The number of hydrogen-bond acceptors (Lipinski definition) is 9. The summed E-state index contributed by atoms with van der Waals surface area (Å²) in [5.41, 5.74) is 18.9. The van der Waals surface area contributed by atoms with Gasteiger partial charge in [0.1, 0.15) is 11.5 Å². The molecule has 0 atom stereocenters. The van der Waals surface area contributed by atoms with E-state index in [2.05, 4.69) is 351 Å². The molecule has 3 N–H and O–H groups in total. The van der Waals surface area contributed by atoms with Crippen LogP contribution in [0.15, 0.2) is 254 Å². The zero-order chi connectivity index (χ0) is 96.7. The monoisotopic (exact) mass is 2360 g/mol. The van der Waals surface area contributed by atoms with Crippen molar-refractivity contribution in [1.82, 2.24) is 15.0 Å². The number of fused-ring (bicyclic) bond motifs is 3. The number of ketones is 3. The van der Waals surface area contributed by atoms with Gasteiger partial charge in [0.15, 0.2) is 17.3 Å². The first-order chi connectivity index (χ1) is 59.5. The van der Waals surface area contributed by atoms with Crippen molar-refractivity contribution in [2.24, 2.45) is 33.0 Å². The molecule has 0 aliphatic carbocycles. The van der Waals surface area contributed by atoms with Gasteiger partial charge in [-0.2, -0.15) is 0 Å². The third-order valence-electron chi connectivity index (χ3n) is 23.7. The van der Waals surface area contributed by atoms with Gasteiger partial charge in [0.25, 0.3) is 0 Å². The Morgan fingerprint density at radius 1 is 0.348 bits per heavy atom. The Morgan fingerprint density at radius 2 is 0.644 bits per heavy atom. The smallest absolute Gasteiger partial charge is 0.164 e. The molecular weight excluding hydrogens is 2200 g/mol. The third-order valence-corrected chi connectivity index (χ3v) is 29.9. The summed E-state index contributed by atoms with van der Waals surface area (Å²) in [5, 5.41) is 36.8. The van der Waals surface area contributed by atoms with Crippen molar-refractivity contribution in [1.29, 1.82) is 0 Å². The van der Waals surface area contributed by atoms with Crippen LogP contribution in [0.3, 0.4) is 0 Å². The first-order valence-electron chi connectivity index (χ1n) is 46.0. The summed E-state index contributed by atoms with van der Waals surface area (Å²) in [7, 11) is -4.22. The molecule has 9 nitrogen and oxygen atoms in total. The minimum absolute atomic E-state index is 0. The van der Waals surface area contributed by atoms with Crippen LogP contribution in [0.25, 0.3) is 99.9 Å². The van der Waals surface area contributed by atoms with E-state index in [4.69, 9.17) is 15.0 Å². The summed E-state index contributed by atoms with van der Waals surface area (Å²) in [4.78, 5) is 49.7. The maximum Gasteiger partial charge on any atom is 0.164 e. The number of allylic oxidation sites excluding steroid dienone is 6. The van der Waals surface area contributed by atoms with Crippen LogP contribution >= 0.6 is 0 Å². The molecule has 3 heterocycles. The normalized spacial score (nSPS) is 12.5. The van der Waals surface area contributed by atoms with Crippen LogP contribution in [0.2, 0.25) is 58.9 Å². The molecule has 0 aliphatic rings. The van der Waals surface area contributed by atoms with Crippen molar-refractivity contribution < 1.29 is 90.0 Å². The van der Waals surface area contributed by atoms with E-state index in [1.165, 1.54) is 100 Å². The standard InChI is InChI=1S/2C28H30NSi.C27H28NSi.C13H24O2.C11H20O2.C10H18O2.3Ir/c2*1-28(2,3)22-14-12-21(13-15-22)27-19-24(20-10-8-7-9-11-20)25-18-23(30(4,5)6)16-17-26(25)29-27;1-19(2)20-11-13-22(14-12-20)27-18-24(21-9-7-6-8-10-21)25-17-23(29(3,4)5)15-16-26(25)28-27;1-7-12(3,4)10(14)9-11(15)13(5,6)8-2;1-10(2,3)8(12)7-9(13)11(4,5)6;1-7(2)8(11)6-9(12)10(3,4)5;;;/h2*7-12,14-19H,1-6H3;6-13,15-19H,1-5H3;9,14H,7-8H2,1-6H3;7,12H,1-6H3;6-7,11H,1-5H3;;;/q3*-1;;;;;;. The Labute approximate surface area is 838 Å². The molecular formula is C117H150Ir3N3O6Si3-3. The van der Waals surface area contributed by atoms with Crippen LogP contribution in [-0.4, -0.2) is 71.8 Å². The van der Waals surface area contributed by atoms with Gasteiger partial charge in [0.2, 0.25) is 0 Å². The number of aromatic nitrogens is 3. The molecule has 3 radical (unpaired) electrons. The molecule has 0 fully saturated rings. The molecule has 9 aromatic carbocycles. The van der Waals surface area contributed by atoms with Crippen LogP contribution in [0.5, 0.6) is 0 Å². The number of benzene rings is 9. The second-order valence-electron chi connectivity index (χ2n) is 44.5. The van der Waals surface area contributed by atoms with Gasteiger partial charge in [-0.05, 0) is 92.3 Å². The second-order valence-corrected chi connectivity index (χ2v) is 59.7. The van der Waals surface area contributed by atoms with E-state index in [9.17, 15) is 29.7 Å². The summed E-state index contributed by atoms with van der Waals surface area (Å²) >= 11 is 0. The fourth-order valence-corrected chi connectivity index (χ4v) is 16.5. The molecule has 711 valence electrons. The number of rotatable bonds is 18. The Morgan fingerprint density at radius 3 is 0.886 bits per heavy atom. The van der Waals surface area contributed by atoms with Gasteiger partial charge in [0, 0.05) is 128 Å². The summed E-state index contributed by atoms with van der Waals surface area (Å²) in [5.74, 6) is 0.956. The largest absolute Gasteiger partial charge is 0.512 e. The minimum atomic E-state index is -1.41. The zero-order valence-electron chi connectivity index (χ0n) is 85.5. The molecule has 0 aliphatic heterocycles. The molecule has 132 heavy (non-hydrogen) atoms. The molecule has 15 heteroatoms. The van der Waals surface area contributed by atoms with Crippen molar-refractivity contribution in [3.05, 3.63) is 289 Å². The summed E-state index contributed by atoms with van der Waals surface area (Å²) in [6, 6.07) is 88.9. The Balaban J connectivity index is 0.000000343. The second kappa shape index (κ2) is 47.8. The van der Waals surface area contributed by atoms with Crippen molar-refractivity contribution in [2.45, 2.75) is 262 Å². The number of hydrogen-bond donors (Lipinski definition) is 3. The Bertz CT molecular complexity index is 5710. The first kappa shape index (κ1) is 116. The predicted molar refractivity (Wildman–Crippen MR) is 563 cm³/mol. The molecule has 12 rings (SSSR count). The van der Waals surface area contributed by atoms with E-state index >= 15 is 0 Å². The van der Waals surface area contributed by atoms with Crippen molar-refractivity contribution >= 4 is 89.8 Å². The van der Waals surface area contributed by atoms with Crippen molar-refractivity contribution in [3.63, 3.8) is 0 Å². The first-order valence-corrected chi connectivity index (χ1v) is 56.5. The van der Waals surface area contributed by atoms with E-state index in [-0.39, 0.29) is 128 Å². The van der Waals surface area contributed by atoms with Gasteiger partial charge >= 0.3 is 0 Å². The van der Waals surface area contributed by atoms with Gasteiger partial charge in [-0.1, -0.05) is 399 Å². The SMILES string of the molecule is CC(C)(C)C(=O)C=C(O)C(C)(C)C.CC(C)(C)c1c[c-]c(-c2cc(-c3ccccc3)c3cc([Si](C)(C)C)ccc3n2)cc1.CC(C)(C)c1c[c-]c(-c2cc(-c3ccccc3)c3cc([Si](C)(C)C)ccc3n2)cc1.CC(C)C(O)=CC(=O)C(C)(C)C.CC(C)c1c[c-]c(-c2cc(-c3ccccc3)c3cc([Si](C)(C)C)ccc3n2)cc1.CCC(C)(C)C(=O)C=C(O)C(C)(C)CC.[Ir].[Ir].[Ir]. The number of nitrogens with zero attached hydrogens (tertiary/aromatic N) is 3. The molecule has 0 bridgehead atoms. The molecule has 0 saturated heterocycles. The van der Waals surface area contributed by atoms with Gasteiger partial charge < -0.3 is 15.3 Å². The van der Waals surface area contributed by atoms with Crippen molar-refractivity contribution in [3.8, 4) is 67.2 Å². The number of aliphatic hydroxyl groups excluding tert-OH is 3. The van der Waals surface area contributed by atoms with Crippen LogP contribution in [0.1, 0.15) is 209 Å². The van der Waals surface area contributed by atoms with E-state index in [1.807, 2.05) is 118 Å². The summed E-state index contributed by atoms with van der Waals surface area (Å²) in [6.45, 7) is 71.3. The molecule has 0 amide bonds. The average Bonchev–Trinajstić information content (AvgIpc) is 0.772. The summed E-state index contributed by atoms with van der Waals surface area (Å²) in [6.07, 6.45) is 5.65. The van der Waals surface area contributed by atoms with Crippen molar-refractivity contribution in [2.75, 3.05) is 0 Å². The molecule has 0 unspecified atom stereocenters. The quantitative estimate of drug-likeness (QED) is 0.0330.